The Morgan fingerprint density at radius 3 is 2.43 bits per heavy atom. The van der Waals surface area contributed by atoms with Gasteiger partial charge >= 0.3 is 5.97 Å². The van der Waals surface area contributed by atoms with Crippen LogP contribution in [0, 0.1) is 17.8 Å². The zero-order valence-electron chi connectivity index (χ0n) is 16.2. The summed E-state index contributed by atoms with van der Waals surface area (Å²) in [7, 11) is 1.78. The zero-order valence-corrected chi connectivity index (χ0v) is 17.1. The highest BCUT2D eigenvalue weighted by Crippen LogP contribution is 2.62. The normalized spacial score (nSPS) is 30.4. The van der Waals surface area contributed by atoms with Gasteiger partial charge in [-0.25, -0.2) is 4.79 Å². The van der Waals surface area contributed by atoms with Gasteiger partial charge < -0.3 is 15.2 Å². The number of benzene rings is 1. The summed E-state index contributed by atoms with van der Waals surface area (Å²) in [6, 6.07) is 8.24. The molecule has 4 fully saturated rings. The molecule has 1 aromatic heterocycles. The van der Waals surface area contributed by atoms with Crippen LogP contribution in [0.25, 0.3) is 0 Å². The Balaban J connectivity index is 1.40. The number of carboxylic acid groups (broad SMARTS) is 1. The molecule has 0 unspecified atom stereocenters. The molecule has 0 aliphatic heterocycles. The van der Waals surface area contributed by atoms with Gasteiger partial charge in [-0.15, -0.1) is 11.3 Å². The van der Waals surface area contributed by atoms with Crippen molar-refractivity contribution in [3.8, 4) is 5.75 Å². The molecular weight excluding hydrogens is 370 g/mol. The fraction of sp³-hybridized carbons (Fsp3) is 0.522. The highest BCUT2D eigenvalue weighted by Gasteiger charge is 2.52. The highest BCUT2D eigenvalue weighted by molar-refractivity contribution is 7.10. The number of anilines is 1. The van der Waals surface area contributed by atoms with Gasteiger partial charge in [0, 0.05) is 28.1 Å². The maximum absolute atomic E-state index is 11.1. The average Bonchev–Trinajstić information content (AvgIpc) is 3.14. The number of nitrogens with one attached hydrogen (secondary N) is 1. The molecule has 2 aromatic rings. The molecule has 1 aromatic carbocycles. The second kappa shape index (κ2) is 6.80. The molecule has 148 valence electrons. The topological polar surface area (TPSA) is 58.6 Å². The van der Waals surface area contributed by atoms with Gasteiger partial charge in [0.1, 0.15) is 5.75 Å². The molecule has 5 heteroatoms. The molecule has 2 N–H and O–H groups in total. The third-order valence-corrected chi connectivity index (χ3v) is 8.11. The lowest BCUT2D eigenvalue weighted by Gasteiger charge is -2.57. The van der Waals surface area contributed by atoms with Gasteiger partial charge in [-0.05, 0) is 86.0 Å². The Hall–Kier alpha value is -2.01. The molecule has 1 heterocycles. The Bertz CT molecular complexity index is 868. The fourth-order valence-electron chi connectivity index (χ4n) is 6.45. The number of hydrogen-bond donors (Lipinski definition) is 2. The summed E-state index contributed by atoms with van der Waals surface area (Å²) in [5, 5.41) is 14.3. The number of thiophene rings is 1. The first-order valence-corrected chi connectivity index (χ1v) is 11.2. The molecule has 0 atom stereocenters. The van der Waals surface area contributed by atoms with E-state index in [1.807, 2.05) is 0 Å². The number of rotatable bonds is 6. The van der Waals surface area contributed by atoms with Crippen molar-refractivity contribution in [2.75, 3.05) is 12.4 Å². The van der Waals surface area contributed by atoms with Gasteiger partial charge in [0.05, 0.1) is 12.7 Å². The Kier molecular flexibility index (Phi) is 4.38. The summed E-state index contributed by atoms with van der Waals surface area (Å²) < 4.78 is 5.79. The van der Waals surface area contributed by atoms with Crippen molar-refractivity contribution in [3.63, 3.8) is 0 Å². The van der Waals surface area contributed by atoms with E-state index in [2.05, 4.69) is 23.5 Å². The average molecular weight is 398 g/mol. The Morgan fingerprint density at radius 1 is 1.18 bits per heavy atom. The van der Waals surface area contributed by atoms with E-state index in [1.54, 1.807) is 18.6 Å². The van der Waals surface area contributed by atoms with E-state index in [1.165, 1.54) is 55.4 Å². The maximum atomic E-state index is 11.1. The van der Waals surface area contributed by atoms with Gasteiger partial charge in [0.2, 0.25) is 0 Å². The van der Waals surface area contributed by atoms with Gasteiger partial charge in [0.15, 0.2) is 0 Å². The fourth-order valence-corrected chi connectivity index (χ4v) is 7.25. The third-order valence-electron chi connectivity index (χ3n) is 7.18. The second-order valence-electron chi connectivity index (χ2n) is 9.07. The molecule has 28 heavy (non-hydrogen) atoms. The third kappa shape index (κ3) is 3.10. The largest absolute Gasteiger partial charge is 0.496 e. The molecule has 4 aliphatic rings. The minimum Gasteiger partial charge on any atom is -0.496 e. The van der Waals surface area contributed by atoms with Crippen molar-refractivity contribution in [1.82, 2.24) is 0 Å². The van der Waals surface area contributed by atoms with Crippen LogP contribution in [-0.4, -0.2) is 18.2 Å². The number of hydrogen-bond acceptors (Lipinski definition) is 4. The molecule has 4 nitrogen and oxygen atoms in total. The van der Waals surface area contributed by atoms with Crippen LogP contribution in [0.4, 0.5) is 5.69 Å². The molecule has 4 aliphatic carbocycles. The van der Waals surface area contributed by atoms with Crippen LogP contribution >= 0.6 is 11.3 Å². The standard InChI is InChI=1S/C23H27NO3S/c1-27-21-3-2-18(24-12-19-7-17(13-28-19)22(25)26)8-20(21)23-9-14-4-15(10-23)6-16(5-14)11-23/h2-3,7-8,13-16,24H,4-6,9-12H2,1H3,(H,25,26). The van der Waals surface area contributed by atoms with E-state index in [-0.39, 0.29) is 5.41 Å². The lowest BCUT2D eigenvalue weighted by molar-refractivity contribution is -0.00613. The van der Waals surface area contributed by atoms with Crippen LogP contribution in [0.5, 0.6) is 5.75 Å². The molecule has 0 saturated heterocycles. The van der Waals surface area contributed by atoms with Gasteiger partial charge in [-0.2, -0.15) is 0 Å². The van der Waals surface area contributed by atoms with Crippen molar-refractivity contribution in [1.29, 1.82) is 0 Å². The number of carbonyl (C=O) groups is 1. The zero-order chi connectivity index (χ0) is 19.3. The molecule has 0 spiro atoms. The first-order valence-electron chi connectivity index (χ1n) is 10.3. The summed E-state index contributed by atoms with van der Waals surface area (Å²) in [5.74, 6) is 2.85. The van der Waals surface area contributed by atoms with Gasteiger partial charge in [-0.3, -0.25) is 0 Å². The van der Waals surface area contributed by atoms with E-state index in [4.69, 9.17) is 9.84 Å². The van der Waals surface area contributed by atoms with Crippen molar-refractivity contribution in [2.24, 2.45) is 17.8 Å². The van der Waals surface area contributed by atoms with E-state index >= 15 is 0 Å². The predicted molar refractivity (Wildman–Crippen MR) is 111 cm³/mol. The summed E-state index contributed by atoms with van der Waals surface area (Å²) in [5.41, 5.74) is 3.14. The van der Waals surface area contributed by atoms with Crippen LogP contribution < -0.4 is 10.1 Å². The lowest BCUT2D eigenvalue weighted by Crippen LogP contribution is -2.48. The Labute approximate surface area is 169 Å². The predicted octanol–water partition coefficient (Wildman–Crippen LogP) is 5.53. The van der Waals surface area contributed by atoms with Gasteiger partial charge in [0.25, 0.3) is 0 Å². The quantitative estimate of drug-likeness (QED) is 0.672. The number of ether oxygens (including phenoxy) is 1. The Morgan fingerprint density at radius 2 is 1.86 bits per heavy atom. The monoisotopic (exact) mass is 397 g/mol. The minimum absolute atomic E-state index is 0.289. The van der Waals surface area contributed by atoms with E-state index in [0.717, 1.165) is 34.1 Å². The molecule has 0 radical (unpaired) electrons. The minimum atomic E-state index is -0.865. The number of carboxylic acids is 1. The van der Waals surface area contributed by atoms with Crippen LogP contribution in [0.1, 0.15) is 59.3 Å². The molecule has 4 saturated carbocycles. The van der Waals surface area contributed by atoms with Crippen molar-refractivity contribution in [3.05, 3.63) is 45.6 Å². The smallest absolute Gasteiger partial charge is 0.336 e. The van der Waals surface area contributed by atoms with E-state index in [9.17, 15) is 4.79 Å². The summed E-state index contributed by atoms with van der Waals surface area (Å²) >= 11 is 1.49. The van der Waals surface area contributed by atoms with Crippen molar-refractivity contribution in [2.45, 2.75) is 50.5 Å². The van der Waals surface area contributed by atoms with Crippen LogP contribution in [0.3, 0.4) is 0 Å². The first-order chi connectivity index (χ1) is 13.5. The van der Waals surface area contributed by atoms with Crippen LogP contribution in [0.2, 0.25) is 0 Å². The summed E-state index contributed by atoms with van der Waals surface area (Å²) in [4.78, 5) is 12.1. The molecular formula is C23H27NO3S. The molecule has 0 amide bonds. The van der Waals surface area contributed by atoms with Crippen molar-refractivity contribution >= 4 is 23.0 Å². The summed E-state index contributed by atoms with van der Waals surface area (Å²) in [6.07, 6.45) is 8.24. The first kappa shape index (κ1) is 18.0. The van der Waals surface area contributed by atoms with Crippen LogP contribution in [-0.2, 0) is 12.0 Å². The maximum Gasteiger partial charge on any atom is 0.336 e. The van der Waals surface area contributed by atoms with E-state index in [0.29, 0.717) is 12.1 Å². The summed E-state index contributed by atoms with van der Waals surface area (Å²) in [6.45, 7) is 0.643. The van der Waals surface area contributed by atoms with Crippen molar-refractivity contribution < 1.29 is 14.6 Å². The number of methoxy groups -OCH3 is 1. The number of aromatic carboxylic acids is 1. The van der Waals surface area contributed by atoms with E-state index < -0.39 is 5.97 Å². The second-order valence-corrected chi connectivity index (χ2v) is 10.1. The van der Waals surface area contributed by atoms with Gasteiger partial charge in [-0.1, -0.05) is 0 Å². The molecule has 6 rings (SSSR count). The lowest BCUT2D eigenvalue weighted by atomic mass is 9.48. The molecule has 4 bridgehead atoms. The highest BCUT2D eigenvalue weighted by atomic mass is 32.1. The van der Waals surface area contributed by atoms with Crippen LogP contribution in [0.15, 0.2) is 29.6 Å². The SMILES string of the molecule is COc1ccc(NCc2cc(C(=O)O)cs2)cc1C12CC3CC(CC(C3)C1)C2.